The van der Waals surface area contributed by atoms with Crippen molar-refractivity contribution in [1.82, 2.24) is 29.7 Å². The van der Waals surface area contributed by atoms with Crippen LogP contribution in [0.3, 0.4) is 0 Å². The van der Waals surface area contributed by atoms with Crippen LogP contribution in [0.5, 0.6) is 5.75 Å². The van der Waals surface area contributed by atoms with Crippen molar-refractivity contribution in [2.45, 2.75) is 52.9 Å². The Balaban J connectivity index is 1.23. The van der Waals surface area contributed by atoms with Crippen LogP contribution in [0.4, 0.5) is 16.6 Å². The van der Waals surface area contributed by atoms with Gasteiger partial charge in [0.15, 0.2) is 0 Å². The first-order valence-corrected chi connectivity index (χ1v) is 13.7. The molecule has 1 aromatic carbocycles. The van der Waals surface area contributed by atoms with Crippen molar-refractivity contribution >= 4 is 28.9 Å². The first-order chi connectivity index (χ1) is 19.1. The summed E-state index contributed by atoms with van der Waals surface area (Å²) >= 11 is 0. The average Bonchev–Trinajstić information content (AvgIpc) is 3.30. The lowest BCUT2D eigenvalue weighted by atomic mass is 10.1. The van der Waals surface area contributed by atoms with Gasteiger partial charge in [-0.25, -0.2) is 14.8 Å². The Morgan fingerprint density at radius 3 is 2.62 bits per heavy atom. The molecule has 1 fully saturated rings. The molecule has 5 rings (SSSR count). The van der Waals surface area contributed by atoms with Crippen LogP contribution in [0.25, 0.3) is 22.2 Å². The van der Waals surface area contributed by atoms with E-state index in [1.165, 1.54) is 0 Å². The zero-order valence-electron chi connectivity index (χ0n) is 23.8. The minimum Gasteiger partial charge on any atom is -0.489 e. The fourth-order valence-electron chi connectivity index (χ4n) is 4.64. The van der Waals surface area contributed by atoms with Crippen molar-refractivity contribution < 1.29 is 14.3 Å². The molecule has 0 spiro atoms. The van der Waals surface area contributed by atoms with Crippen LogP contribution >= 0.6 is 0 Å². The summed E-state index contributed by atoms with van der Waals surface area (Å²) in [5.41, 5.74) is 4.42. The highest BCUT2D eigenvalue weighted by Crippen LogP contribution is 2.32. The van der Waals surface area contributed by atoms with Gasteiger partial charge in [0, 0.05) is 50.7 Å². The number of rotatable bonds is 7. The lowest BCUT2D eigenvalue weighted by molar-refractivity contribution is 0.0139. The molecule has 0 unspecified atom stereocenters. The Kier molecular flexibility index (Phi) is 7.88. The number of pyridine rings is 2. The molecule has 0 aliphatic carbocycles. The molecular weight excluding hydrogens is 506 g/mol. The standard InChI is InChI=1S/C30H37N7O3/c1-20(2)39-26-18-31-10-9-23(26)22-6-7-24-25(17-22)34-28(33-24)35-27-16-21(8-11-32-27)19-36-12-14-37(15-13-36)29(38)40-30(3,4)5/h6-11,16-18,20H,12-15,19H2,1-5H3,(H2,32,33,34,35). The molecular formula is C30H37N7O3. The summed E-state index contributed by atoms with van der Waals surface area (Å²) in [7, 11) is 0. The quantitative estimate of drug-likeness (QED) is 0.310. The fraction of sp³-hybridized carbons (Fsp3) is 0.400. The number of nitrogens with one attached hydrogen (secondary N) is 2. The number of carbonyl (C=O) groups excluding carboxylic acids is 1. The molecule has 0 radical (unpaired) electrons. The molecule has 10 heteroatoms. The predicted molar refractivity (Wildman–Crippen MR) is 156 cm³/mol. The second-order valence-corrected chi connectivity index (χ2v) is 11.3. The lowest BCUT2D eigenvalue weighted by Gasteiger charge is -2.35. The SMILES string of the molecule is CC(C)Oc1cnccc1-c1ccc2nc(Nc3cc(CN4CCN(C(=O)OC(C)(C)C)CC4)ccn3)[nH]c2c1. The molecule has 4 aromatic rings. The highest BCUT2D eigenvalue weighted by Gasteiger charge is 2.26. The predicted octanol–water partition coefficient (Wildman–Crippen LogP) is 5.60. The zero-order chi connectivity index (χ0) is 28.3. The number of fused-ring (bicyclic) bond motifs is 1. The van der Waals surface area contributed by atoms with Gasteiger partial charge in [-0.15, -0.1) is 0 Å². The third-order valence-corrected chi connectivity index (χ3v) is 6.44. The molecule has 1 saturated heterocycles. The van der Waals surface area contributed by atoms with Crippen molar-refractivity contribution in [2.24, 2.45) is 0 Å². The first kappa shape index (κ1) is 27.4. The van der Waals surface area contributed by atoms with E-state index in [1.54, 1.807) is 23.5 Å². The smallest absolute Gasteiger partial charge is 0.410 e. The Morgan fingerprint density at radius 2 is 1.88 bits per heavy atom. The Labute approximate surface area is 234 Å². The maximum atomic E-state index is 12.4. The molecule has 0 bridgehead atoms. The van der Waals surface area contributed by atoms with E-state index in [9.17, 15) is 4.79 Å². The zero-order valence-corrected chi connectivity index (χ0v) is 23.8. The summed E-state index contributed by atoms with van der Waals surface area (Å²) < 4.78 is 11.5. The number of hydrogen-bond acceptors (Lipinski definition) is 8. The second kappa shape index (κ2) is 11.5. The Hall–Kier alpha value is -4.18. The van der Waals surface area contributed by atoms with Gasteiger partial charge in [-0.1, -0.05) is 6.07 Å². The van der Waals surface area contributed by atoms with Crippen LogP contribution in [-0.4, -0.2) is 73.7 Å². The number of aromatic amines is 1. The number of nitrogens with zero attached hydrogens (tertiary/aromatic N) is 5. The molecule has 40 heavy (non-hydrogen) atoms. The van der Waals surface area contributed by atoms with Gasteiger partial charge in [0.05, 0.1) is 23.3 Å². The van der Waals surface area contributed by atoms with Crippen LogP contribution in [0, 0.1) is 0 Å². The summed E-state index contributed by atoms with van der Waals surface area (Å²) in [4.78, 5) is 33.2. The van der Waals surface area contributed by atoms with E-state index in [2.05, 4.69) is 31.2 Å². The number of amides is 1. The molecule has 210 valence electrons. The van der Waals surface area contributed by atoms with E-state index >= 15 is 0 Å². The van der Waals surface area contributed by atoms with Gasteiger partial charge in [0.1, 0.15) is 17.2 Å². The van der Waals surface area contributed by atoms with Crippen molar-refractivity contribution in [3.05, 3.63) is 60.6 Å². The average molecular weight is 544 g/mol. The number of aromatic nitrogens is 4. The molecule has 4 heterocycles. The number of ether oxygens (including phenoxy) is 2. The molecule has 3 aromatic heterocycles. The minimum absolute atomic E-state index is 0.0553. The van der Waals surface area contributed by atoms with Crippen molar-refractivity contribution in [2.75, 3.05) is 31.5 Å². The summed E-state index contributed by atoms with van der Waals surface area (Å²) in [5, 5.41) is 3.31. The molecule has 0 atom stereocenters. The highest BCUT2D eigenvalue weighted by molar-refractivity contribution is 5.85. The van der Waals surface area contributed by atoms with Crippen LogP contribution < -0.4 is 10.1 Å². The number of H-pyrrole nitrogens is 1. The van der Waals surface area contributed by atoms with Gasteiger partial charge >= 0.3 is 6.09 Å². The normalized spacial score (nSPS) is 14.5. The lowest BCUT2D eigenvalue weighted by Crippen LogP contribution is -2.49. The van der Waals surface area contributed by atoms with Crippen LogP contribution in [0.1, 0.15) is 40.2 Å². The van der Waals surface area contributed by atoms with Crippen LogP contribution in [0.2, 0.25) is 0 Å². The van der Waals surface area contributed by atoms with Crippen LogP contribution in [0.15, 0.2) is 55.0 Å². The fourth-order valence-corrected chi connectivity index (χ4v) is 4.64. The minimum atomic E-state index is -0.484. The van der Waals surface area contributed by atoms with Crippen molar-refractivity contribution in [1.29, 1.82) is 0 Å². The summed E-state index contributed by atoms with van der Waals surface area (Å²) in [6, 6.07) is 12.1. The molecule has 0 saturated carbocycles. The number of benzene rings is 1. The molecule has 10 nitrogen and oxygen atoms in total. The van der Waals surface area contributed by atoms with E-state index in [0.717, 1.165) is 53.1 Å². The van der Waals surface area contributed by atoms with Gasteiger partial charge in [0.2, 0.25) is 5.95 Å². The largest absolute Gasteiger partial charge is 0.489 e. The molecule has 1 aliphatic rings. The third-order valence-electron chi connectivity index (χ3n) is 6.44. The molecule has 1 amide bonds. The second-order valence-electron chi connectivity index (χ2n) is 11.3. The van der Waals surface area contributed by atoms with Gasteiger partial charge < -0.3 is 24.7 Å². The Morgan fingerprint density at radius 1 is 1.07 bits per heavy atom. The maximum absolute atomic E-state index is 12.4. The first-order valence-electron chi connectivity index (χ1n) is 13.7. The number of imidazole rings is 1. The van der Waals surface area contributed by atoms with Gasteiger partial charge in [-0.2, -0.15) is 0 Å². The summed E-state index contributed by atoms with van der Waals surface area (Å²) in [5.74, 6) is 2.09. The maximum Gasteiger partial charge on any atom is 0.410 e. The number of piperazine rings is 1. The number of carbonyl (C=O) groups is 1. The van der Waals surface area contributed by atoms with Gasteiger partial charge in [0.25, 0.3) is 0 Å². The monoisotopic (exact) mass is 543 g/mol. The summed E-state index contributed by atoms with van der Waals surface area (Å²) in [6.45, 7) is 13.3. The third kappa shape index (κ3) is 6.87. The van der Waals surface area contributed by atoms with Gasteiger partial charge in [-0.05, 0) is 76.1 Å². The highest BCUT2D eigenvalue weighted by atomic mass is 16.6. The van der Waals surface area contributed by atoms with E-state index in [-0.39, 0.29) is 12.2 Å². The van der Waals surface area contributed by atoms with Crippen LogP contribution in [-0.2, 0) is 11.3 Å². The van der Waals surface area contributed by atoms with Crippen molar-refractivity contribution in [3.8, 4) is 16.9 Å². The van der Waals surface area contributed by atoms with E-state index in [4.69, 9.17) is 14.5 Å². The summed E-state index contributed by atoms with van der Waals surface area (Å²) in [6.07, 6.45) is 5.13. The van der Waals surface area contributed by atoms with Crippen molar-refractivity contribution in [3.63, 3.8) is 0 Å². The van der Waals surface area contributed by atoms with Gasteiger partial charge in [-0.3, -0.25) is 9.88 Å². The van der Waals surface area contributed by atoms with E-state index < -0.39 is 5.60 Å². The van der Waals surface area contributed by atoms with E-state index in [1.807, 2.05) is 65.0 Å². The topological polar surface area (TPSA) is 108 Å². The number of hydrogen-bond donors (Lipinski definition) is 2. The molecule has 2 N–H and O–H groups in total. The van der Waals surface area contributed by atoms with E-state index in [0.29, 0.717) is 24.9 Å². The molecule has 1 aliphatic heterocycles. The Bertz CT molecular complexity index is 1470. The number of anilines is 2.